The van der Waals surface area contributed by atoms with Crippen LogP contribution in [0.3, 0.4) is 0 Å². The molecule has 0 aliphatic carbocycles. The maximum atomic E-state index is 10.9. The summed E-state index contributed by atoms with van der Waals surface area (Å²) in [5, 5.41) is 0. The molecule has 0 spiro atoms. The Morgan fingerprint density at radius 3 is 2.59 bits per heavy atom. The molecule has 2 heteroatoms. The van der Waals surface area contributed by atoms with Crippen LogP contribution in [0.15, 0.2) is 43.7 Å². The number of ether oxygens (including phenoxy) is 1. The minimum absolute atomic E-state index is 0.107. The third kappa shape index (κ3) is 6.60. The van der Waals surface area contributed by atoms with E-state index in [1.165, 1.54) is 6.92 Å². The smallest absolute Gasteiger partial charge is 0.303 e. The molecule has 2 nitrogen and oxygen atoms in total. The fourth-order valence-corrected chi connectivity index (χ4v) is 1.76. The standard InChI is InChI=1S/C15H22O2/c1-6-9-11-15(5,10-7-2)12-14(8-3)17-13(4)16/h6,8,10,14H,1-3,9,11-12H2,4-5H3. The molecule has 0 aliphatic rings. The Morgan fingerprint density at radius 1 is 1.53 bits per heavy atom. The molecule has 0 fully saturated rings. The summed E-state index contributed by atoms with van der Waals surface area (Å²) in [7, 11) is 0. The van der Waals surface area contributed by atoms with E-state index in [9.17, 15) is 4.79 Å². The summed E-state index contributed by atoms with van der Waals surface area (Å²) in [4.78, 5) is 10.9. The molecule has 0 N–H and O–H groups in total. The van der Waals surface area contributed by atoms with Gasteiger partial charge in [-0.2, -0.15) is 0 Å². The van der Waals surface area contributed by atoms with Gasteiger partial charge in [-0.1, -0.05) is 32.2 Å². The first-order valence-corrected chi connectivity index (χ1v) is 5.75. The number of hydrogen-bond acceptors (Lipinski definition) is 2. The van der Waals surface area contributed by atoms with Crippen LogP contribution in [0.2, 0.25) is 0 Å². The SMILES string of the molecule is C=C=CC(C)(CCC=C)CC(C=C)OC(C)=O. The predicted molar refractivity (Wildman–Crippen MR) is 71.6 cm³/mol. The number of esters is 1. The Morgan fingerprint density at radius 2 is 2.18 bits per heavy atom. The van der Waals surface area contributed by atoms with E-state index < -0.39 is 0 Å². The lowest BCUT2D eigenvalue weighted by molar-refractivity contribution is -0.145. The van der Waals surface area contributed by atoms with E-state index in [1.807, 2.05) is 12.2 Å². The molecule has 0 aromatic rings. The summed E-state index contributed by atoms with van der Waals surface area (Å²) in [6.45, 7) is 14.5. The van der Waals surface area contributed by atoms with E-state index in [1.54, 1.807) is 6.08 Å². The summed E-state index contributed by atoms with van der Waals surface area (Å²) in [5.41, 5.74) is 2.71. The van der Waals surface area contributed by atoms with E-state index in [0.29, 0.717) is 6.42 Å². The van der Waals surface area contributed by atoms with E-state index in [4.69, 9.17) is 4.74 Å². The van der Waals surface area contributed by atoms with Gasteiger partial charge in [0.05, 0.1) is 0 Å². The molecule has 0 aliphatic heterocycles. The monoisotopic (exact) mass is 234 g/mol. The van der Waals surface area contributed by atoms with Crippen molar-refractivity contribution in [1.82, 2.24) is 0 Å². The fourth-order valence-electron chi connectivity index (χ4n) is 1.76. The van der Waals surface area contributed by atoms with Gasteiger partial charge in [-0.25, -0.2) is 0 Å². The first-order valence-electron chi connectivity index (χ1n) is 5.75. The average Bonchev–Trinajstić information content (AvgIpc) is 2.25. The molecule has 0 bridgehead atoms. The lowest BCUT2D eigenvalue weighted by atomic mass is 9.80. The number of hydrogen-bond donors (Lipinski definition) is 0. The van der Waals surface area contributed by atoms with Crippen LogP contribution in [0.4, 0.5) is 0 Å². The second-order valence-electron chi connectivity index (χ2n) is 4.42. The van der Waals surface area contributed by atoms with Gasteiger partial charge in [0.15, 0.2) is 0 Å². The van der Waals surface area contributed by atoms with Crippen molar-refractivity contribution in [1.29, 1.82) is 0 Å². The van der Waals surface area contributed by atoms with Crippen LogP contribution in [0, 0.1) is 5.41 Å². The molecular weight excluding hydrogens is 212 g/mol. The van der Waals surface area contributed by atoms with Gasteiger partial charge in [0.2, 0.25) is 0 Å². The largest absolute Gasteiger partial charge is 0.458 e. The van der Waals surface area contributed by atoms with E-state index in [-0.39, 0.29) is 17.5 Å². The average molecular weight is 234 g/mol. The van der Waals surface area contributed by atoms with Crippen LogP contribution in [0.5, 0.6) is 0 Å². The van der Waals surface area contributed by atoms with Crippen molar-refractivity contribution >= 4 is 5.97 Å². The molecule has 0 aromatic heterocycles. The second-order valence-corrected chi connectivity index (χ2v) is 4.42. The second kappa shape index (κ2) is 7.70. The van der Waals surface area contributed by atoms with Gasteiger partial charge < -0.3 is 4.74 Å². The Kier molecular flexibility index (Phi) is 7.00. The maximum absolute atomic E-state index is 10.9. The minimum Gasteiger partial charge on any atom is -0.458 e. The molecule has 2 unspecified atom stereocenters. The minimum atomic E-state index is -0.288. The lowest BCUT2D eigenvalue weighted by Gasteiger charge is -2.28. The number of rotatable bonds is 8. The Balaban J connectivity index is 4.69. The lowest BCUT2D eigenvalue weighted by Crippen LogP contribution is -2.24. The maximum Gasteiger partial charge on any atom is 0.303 e. The zero-order chi connectivity index (χ0) is 13.3. The molecule has 0 amide bonds. The van der Waals surface area contributed by atoms with Crippen molar-refractivity contribution in [2.75, 3.05) is 0 Å². The fraction of sp³-hybridized carbons (Fsp3) is 0.467. The van der Waals surface area contributed by atoms with Gasteiger partial charge in [0.1, 0.15) is 6.10 Å². The van der Waals surface area contributed by atoms with Crippen LogP contribution in [-0.4, -0.2) is 12.1 Å². The van der Waals surface area contributed by atoms with Crippen molar-refractivity contribution in [2.24, 2.45) is 5.41 Å². The third-order valence-electron chi connectivity index (χ3n) is 2.62. The van der Waals surface area contributed by atoms with Crippen LogP contribution in [0.25, 0.3) is 0 Å². The molecule has 0 radical (unpaired) electrons. The number of allylic oxidation sites excluding steroid dienone is 2. The molecule has 17 heavy (non-hydrogen) atoms. The predicted octanol–water partition coefficient (Wildman–Crippen LogP) is 3.81. The molecule has 0 aromatic carbocycles. The van der Waals surface area contributed by atoms with Crippen molar-refractivity contribution < 1.29 is 9.53 Å². The normalized spacial score (nSPS) is 14.9. The summed E-state index contributed by atoms with van der Waals surface area (Å²) < 4.78 is 5.17. The van der Waals surface area contributed by atoms with Gasteiger partial charge >= 0.3 is 5.97 Å². The van der Waals surface area contributed by atoms with Crippen molar-refractivity contribution in [3.63, 3.8) is 0 Å². The number of carbonyl (C=O) groups is 1. The summed E-state index contributed by atoms with van der Waals surface area (Å²) >= 11 is 0. The first-order chi connectivity index (χ1) is 7.97. The molecule has 94 valence electrons. The Labute approximate surface area is 104 Å². The summed E-state index contributed by atoms with van der Waals surface area (Å²) in [5.74, 6) is -0.288. The Hall–Kier alpha value is -1.53. The van der Waals surface area contributed by atoms with E-state index in [2.05, 4.69) is 32.4 Å². The highest BCUT2D eigenvalue weighted by Gasteiger charge is 2.25. The molecule has 0 rings (SSSR count). The molecular formula is C15H22O2. The van der Waals surface area contributed by atoms with Gasteiger partial charge in [0, 0.05) is 6.92 Å². The van der Waals surface area contributed by atoms with Gasteiger partial charge in [-0.05, 0) is 30.8 Å². The van der Waals surface area contributed by atoms with Gasteiger partial charge in [0.25, 0.3) is 0 Å². The van der Waals surface area contributed by atoms with Gasteiger partial charge in [-0.15, -0.1) is 12.3 Å². The van der Waals surface area contributed by atoms with Crippen LogP contribution >= 0.6 is 0 Å². The summed E-state index contributed by atoms with van der Waals surface area (Å²) in [6.07, 6.45) is 7.70. The molecule has 0 heterocycles. The molecule has 0 saturated heterocycles. The van der Waals surface area contributed by atoms with Crippen molar-refractivity contribution in [3.8, 4) is 0 Å². The zero-order valence-electron chi connectivity index (χ0n) is 10.9. The Bertz CT molecular complexity index is 324. The van der Waals surface area contributed by atoms with Crippen LogP contribution < -0.4 is 0 Å². The highest BCUT2D eigenvalue weighted by molar-refractivity contribution is 5.66. The van der Waals surface area contributed by atoms with Crippen LogP contribution in [-0.2, 0) is 9.53 Å². The van der Waals surface area contributed by atoms with Gasteiger partial charge in [-0.3, -0.25) is 4.79 Å². The zero-order valence-corrected chi connectivity index (χ0v) is 10.9. The van der Waals surface area contributed by atoms with Crippen molar-refractivity contribution in [3.05, 3.63) is 43.7 Å². The highest BCUT2D eigenvalue weighted by Crippen LogP contribution is 2.32. The highest BCUT2D eigenvalue weighted by atomic mass is 16.5. The van der Waals surface area contributed by atoms with E-state index in [0.717, 1.165) is 12.8 Å². The van der Waals surface area contributed by atoms with Crippen LogP contribution in [0.1, 0.15) is 33.1 Å². The number of carbonyl (C=O) groups excluding carboxylic acids is 1. The first kappa shape index (κ1) is 15.5. The molecule has 0 saturated carbocycles. The molecule has 2 atom stereocenters. The van der Waals surface area contributed by atoms with Crippen molar-refractivity contribution in [2.45, 2.75) is 39.2 Å². The quantitative estimate of drug-likeness (QED) is 0.362. The third-order valence-corrected chi connectivity index (χ3v) is 2.62. The summed E-state index contributed by atoms with van der Waals surface area (Å²) in [6, 6.07) is 0. The van der Waals surface area contributed by atoms with E-state index >= 15 is 0 Å². The topological polar surface area (TPSA) is 26.3 Å².